The summed E-state index contributed by atoms with van der Waals surface area (Å²) in [4.78, 5) is 10.8. The molecule has 3 heteroatoms. The predicted octanol–water partition coefficient (Wildman–Crippen LogP) is -1.20. The van der Waals surface area contributed by atoms with Gasteiger partial charge in [-0.1, -0.05) is 13.8 Å². The molecule has 13 heavy (non-hydrogen) atoms. The molecule has 0 saturated heterocycles. The Hall–Kier alpha value is 0.655. The Morgan fingerprint density at radius 2 is 1.85 bits per heavy atom. The molecule has 0 unspecified atom stereocenters. The SMILES string of the molecule is CC(C)c1cc[c-]c(=O)cc1.[OH-].[Rb+]. The van der Waals surface area contributed by atoms with Crippen LogP contribution in [0.3, 0.4) is 0 Å². The third-order valence-corrected chi connectivity index (χ3v) is 1.60. The van der Waals surface area contributed by atoms with Crippen molar-refractivity contribution in [1.82, 2.24) is 0 Å². The summed E-state index contributed by atoms with van der Waals surface area (Å²) in [5.74, 6) is 0.468. The molecule has 0 saturated carbocycles. The maximum absolute atomic E-state index is 10.8. The minimum atomic E-state index is -0.0584. The summed E-state index contributed by atoms with van der Waals surface area (Å²) >= 11 is 0. The first kappa shape index (κ1) is 16.1. The maximum atomic E-state index is 10.8. The fourth-order valence-corrected chi connectivity index (χ4v) is 0.881. The van der Waals surface area contributed by atoms with E-state index in [-0.39, 0.29) is 69.1 Å². The van der Waals surface area contributed by atoms with Crippen LogP contribution in [0.2, 0.25) is 0 Å². The number of rotatable bonds is 1. The second kappa shape index (κ2) is 8.00. The van der Waals surface area contributed by atoms with Crippen LogP contribution in [0.1, 0.15) is 25.3 Å². The quantitative estimate of drug-likeness (QED) is 0.587. The first-order chi connectivity index (χ1) is 5.20. The van der Waals surface area contributed by atoms with Gasteiger partial charge in [-0.25, -0.2) is 0 Å². The van der Waals surface area contributed by atoms with Crippen LogP contribution in [0.25, 0.3) is 0 Å². The molecule has 1 aromatic rings. The zero-order valence-electron chi connectivity index (χ0n) is 8.24. The van der Waals surface area contributed by atoms with Crippen molar-refractivity contribution < 1.29 is 63.7 Å². The monoisotopic (exact) mass is 249 g/mol. The summed E-state index contributed by atoms with van der Waals surface area (Å²) < 4.78 is 0. The van der Waals surface area contributed by atoms with Gasteiger partial charge < -0.3 is 10.3 Å². The van der Waals surface area contributed by atoms with E-state index < -0.39 is 0 Å². The smallest absolute Gasteiger partial charge is 0.870 e. The van der Waals surface area contributed by atoms with Gasteiger partial charge in [0.15, 0.2) is 0 Å². The van der Waals surface area contributed by atoms with Crippen LogP contribution in [0, 0.1) is 6.07 Å². The molecule has 66 valence electrons. The molecule has 0 spiro atoms. The fraction of sp³-hybridized carbons (Fsp3) is 0.300. The summed E-state index contributed by atoms with van der Waals surface area (Å²) in [6.45, 7) is 4.19. The van der Waals surface area contributed by atoms with Crippen LogP contribution in [0.5, 0.6) is 0 Å². The zero-order valence-corrected chi connectivity index (χ0v) is 13.2. The molecule has 0 aromatic heterocycles. The van der Waals surface area contributed by atoms with E-state index >= 15 is 0 Å². The molecule has 2 nitrogen and oxygen atoms in total. The van der Waals surface area contributed by atoms with Gasteiger partial charge in [-0.05, 0) is 5.92 Å². The first-order valence-corrected chi connectivity index (χ1v) is 3.72. The van der Waals surface area contributed by atoms with E-state index in [0.717, 1.165) is 0 Å². The summed E-state index contributed by atoms with van der Waals surface area (Å²) in [6.07, 6.45) is 0. The Bertz CT molecular complexity index is 297. The molecule has 0 bridgehead atoms. The van der Waals surface area contributed by atoms with Gasteiger partial charge in [0.25, 0.3) is 0 Å². The van der Waals surface area contributed by atoms with Gasteiger partial charge in [0.2, 0.25) is 0 Å². The second-order valence-electron chi connectivity index (χ2n) is 2.83. The molecule has 0 atom stereocenters. The van der Waals surface area contributed by atoms with E-state index in [0.29, 0.717) is 5.92 Å². The summed E-state index contributed by atoms with van der Waals surface area (Å²) in [6, 6.07) is 9.60. The van der Waals surface area contributed by atoms with Crippen molar-refractivity contribution in [3.8, 4) is 0 Å². The van der Waals surface area contributed by atoms with Crippen molar-refractivity contribution in [3.05, 3.63) is 46.1 Å². The van der Waals surface area contributed by atoms with Crippen molar-refractivity contribution in [3.63, 3.8) is 0 Å². The molecule has 0 radical (unpaired) electrons. The average molecular weight is 250 g/mol. The van der Waals surface area contributed by atoms with E-state index in [2.05, 4.69) is 19.9 Å². The van der Waals surface area contributed by atoms with Crippen molar-refractivity contribution in [2.75, 3.05) is 0 Å². The minimum Gasteiger partial charge on any atom is -0.870 e. The van der Waals surface area contributed by atoms with Crippen LogP contribution >= 0.6 is 0 Å². The molecule has 1 aromatic carbocycles. The van der Waals surface area contributed by atoms with Gasteiger partial charge in [0.1, 0.15) is 0 Å². The van der Waals surface area contributed by atoms with Gasteiger partial charge in [0, 0.05) is 0 Å². The topological polar surface area (TPSA) is 47.1 Å². The van der Waals surface area contributed by atoms with Gasteiger partial charge in [-0.3, -0.25) is 0 Å². The van der Waals surface area contributed by atoms with Gasteiger partial charge in [-0.15, -0.1) is 23.8 Å². The van der Waals surface area contributed by atoms with Crippen molar-refractivity contribution >= 4 is 0 Å². The van der Waals surface area contributed by atoms with E-state index in [1.54, 1.807) is 12.1 Å². The van der Waals surface area contributed by atoms with E-state index in [9.17, 15) is 4.79 Å². The van der Waals surface area contributed by atoms with Crippen molar-refractivity contribution in [1.29, 1.82) is 0 Å². The Morgan fingerprint density at radius 1 is 1.23 bits per heavy atom. The minimum absolute atomic E-state index is 0. The van der Waals surface area contributed by atoms with E-state index in [1.165, 1.54) is 5.56 Å². The van der Waals surface area contributed by atoms with Crippen molar-refractivity contribution in [2.45, 2.75) is 19.8 Å². The van der Waals surface area contributed by atoms with Crippen LogP contribution in [0.15, 0.2) is 29.1 Å². The van der Waals surface area contributed by atoms with Crippen LogP contribution in [0.4, 0.5) is 0 Å². The largest absolute Gasteiger partial charge is 1.00 e. The summed E-state index contributed by atoms with van der Waals surface area (Å²) in [5.41, 5.74) is 1.11. The van der Waals surface area contributed by atoms with Gasteiger partial charge in [0.05, 0.1) is 5.43 Å². The number of hydrogen-bond acceptors (Lipinski definition) is 2. The van der Waals surface area contributed by atoms with Gasteiger partial charge >= 0.3 is 58.2 Å². The molecular weight excluding hydrogens is 238 g/mol. The first-order valence-electron chi connectivity index (χ1n) is 3.72. The second-order valence-corrected chi connectivity index (χ2v) is 2.83. The maximum Gasteiger partial charge on any atom is 1.00 e. The molecular formula is C10H12O2Rb-. The molecule has 0 heterocycles. The van der Waals surface area contributed by atoms with Crippen LogP contribution in [-0.4, -0.2) is 5.48 Å². The predicted molar refractivity (Wildman–Crippen MR) is 47.6 cm³/mol. The third kappa shape index (κ3) is 5.86. The fourth-order valence-electron chi connectivity index (χ4n) is 0.881. The summed E-state index contributed by atoms with van der Waals surface area (Å²) in [5, 5.41) is 0. The summed E-state index contributed by atoms with van der Waals surface area (Å²) in [7, 11) is 0. The van der Waals surface area contributed by atoms with Crippen molar-refractivity contribution in [2.24, 2.45) is 0 Å². The Balaban J connectivity index is 0. The zero-order chi connectivity index (χ0) is 8.27. The molecule has 0 aliphatic heterocycles. The van der Waals surface area contributed by atoms with E-state index in [1.807, 2.05) is 12.1 Å². The van der Waals surface area contributed by atoms with Crippen LogP contribution < -0.4 is 63.6 Å². The Morgan fingerprint density at radius 3 is 2.38 bits per heavy atom. The Kier molecular flexibility index (Phi) is 9.91. The van der Waals surface area contributed by atoms with Gasteiger partial charge in [-0.2, -0.15) is 12.1 Å². The molecule has 1 rings (SSSR count). The molecule has 0 aliphatic carbocycles. The molecule has 0 fully saturated rings. The molecule has 1 N–H and O–H groups in total. The number of hydrogen-bond donors (Lipinski definition) is 0. The van der Waals surface area contributed by atoms with E-state index in [4.69, 9.17) is 0 Å². The normalized spacial score (nSPS) is 8.54. The standard InChI is InChI=1S/C10H11O.H2O.Rb/c1-8(2)9-4-3-5-10(11)7-6-9;;/h3-4,6-8H,1-2H3;1H2;/q-1;;+1/p-1. The van der Waals surface area contributed by atoms with Crippen LogP contribution in [-0.2, 0) is 0 Å². The Labute approximate surface area is 127 Å². The molecule has 0 aliphatic rings. The average Bonchev–Trinajstić information content (AvgIpc) is 2.13. The molecule has 0 amide bonds. The third-order valence-electron chi connectivity index (χ3n) is 1.60.